The number of carbonyl (C=O) groups excluding carboxylic acids is 1. The van der Waals surface area contributed by atoms with E-state index in [0.717, 1.165) is 38.5 Å². The lowest BCUT2D eigenvalue weighted by atomic mass is 10.1. The van der Waals surface area contributed by atoms with E-state index in [1.807, 2.05) is 0 Å². The maximum absolute atomic E-state index is 11.5. The Hall–Kier alpha value is -1.42. The SMILES string of the molecule is CCCCCC(=O)/C=C/C=C/[C@H](O)CCCCCCC(=O)O. The molecule has 126 valence electrons. The lowest BCUT2D eigenvalue weighted by Gasteiger charge is -2.04. The summed E-state index contributed by atoms with van der Waals surface area (Å²) in [5.41, 5.74) is 0. The van der Waals surface area contributed by atoms with Crippen molar-refractivity contribution in [3.05, 3.63) is 24.3 Å². The van der Waals surface area contributed by atoms with Gasteiger partial charge in [0.15, 0.2) is 5.78 Å². The van der Waals surface area contributed by atoms with Crippen LogP contribution in [0, 0.1) is 0 Å². The molecule has 0 amide bonds. The first-order valence-electron chi connectivity index (χ1n) is 8.33. The van der Waals surface area contributed by atoms with Crippen LogP contribution in [-0.4, -0.2) is 28.1 Å². The summed E-state index contributed by atoms with van der Waals surface area (Å²) in [4.78, 5) is 21.8. The number of carboxylic acid groups (broad SMARTS) is 1. The van der Waals surface area contributed by atoms with E-state index in [4.69, 9.17) is 5.11 Å². The quantitative estimate of drug-likeness (QED) is 0.288. The molecule has 0 radical (unpaired) electrons. The van der Waals surface area contributed by atoms with Crippen LogP contribution >= 0.6 is 0 Å². The Labute approximate surface area is 133 Å². The third-order valence-electron chi connectivity index (χ3n) is 3.39. The minimum atomic E-state index is -0.751. The van der Waals surface area contributed by atoms with Crippen LogP contribution in [0.2, 0.25) is 0 Å². The smallest absolute Gasteiger partial charge is 0.303 e. The van der Waals surface area contributed by atoms with Crippen LogP contribution < -0.4 is 0 Å². The maximum Gasteiger partial charge on any atom is 0.303 e. The lowest BCUT2D eigenvalue weighted by Crippen LogP contribution is -2.01. The number of allylic oxidation sites excluding steroid dienone is 3. The van der Waals surface area contributed by atoms with Crippen molar-refractivity contribution in [2.75, 3.05) is 0 Å². The van der Waals surface area contributed by atoms with E-state index in [9.17, 15) is 14.7 Å². The second kappa shape index (κ2) is 14.5. The van der Waals surface area contributed by atoms with Gasteiger partial charge in [0.25, 0.3) is 0 Å². The first-order chi connectivity index (χ1) is 10.6. The molecule has 2 N–H and O–H groups in total. The van der Waals surface area contributed by atoms with Crippen molar-refractivity contribution >= 4 is 11.8 Å². The molecule has 4 heteroatoms. The molecule has 0 bridgehead atoms. The highest BCUT2D eigenvalue weighted by Gasteiger charge is 2.00. The minimum absolute atomic E-state index is 0.131. The van der Waals surface area contributed by atoms with Gasteiger partial charge in [0.1, 0.15) is 0 Å². The fraction of sp³-hybridized carbons (Fsp3) is 0.667. The van der Waals surface area contributed by atoms with Crippen molar-refractivity contribution < 1.29 is 19.8 Å². The number of hydrogen-bond acceptors (Lipinski definition) is 3. The van der Waals surface area contributed by atoms with Gasteiger partial charge in [-0.1, -0.05) is 57.3 Å². The van der Waals surface area contributed by atoms with Crippen LogP contribution in [0.25, 0.3) is 0 Å². The molecule has 0 fully saturated rings. The second-order valence-corrected chi connectivity index (χ2v) is 5.58. The normalized spacial score (nSPS) is 13.0. The molecule has 0 aromatic rings. The highest BCUT2D eigenvalue weighted by atomic mass is 16.4. The summed E-state index contributed by atoms with van der Waals surface area (Å²) in [6.07, 6.45) is 14.2. The van der Waals surface area contributed by atoms with Crippen molar-refractivity contribution in [2.45, 2.75) is 77.2 Å². The summed E-state index contributed by atoms with van der Waals surface area (Å²) >= 11 is 0. The van der Waals surface area contributed by atoms with Gasteiger partial charge in [-0.05, 0) is 25.3 Å². The molecule has 4 nitrogen and oxygen atoms in total. The summed E-state index contributed by atoms with van der Waals surface area (Å²) < 4.78 is 0. The molecule has 0 spiro atoms. The van der Waals surface area contributed by atoms with Crippen LogP contribution in [0.15, 0.2) is 24.3 Å². The number of rotatable bonds is 14. The number of ketones is 1. The largest absolute Gasteiger partial charge is 0.481 e. The van der Waals surface area contributed by atoms with Gasteiger partial charge in [-0.3, -0.25) is 9.59 Å². The van der Waals surface area contributed by atoms with Gasteiger partial charge in [-0.15, -0.1) is 0 Å². The minimum Gasteiger partial charge on any atom is -0.481 e. The lowest BCUT2D eigenvalue weighted by molar-refractivity contribution is -0.137. The molecule has 22 heavy (non-hydrogen) atoms. The van der Waals surface area contributed by atoms with E-state index in [0.29, 0.717) is 19.3 Å². The molecular weight excluding hydrogens is 280 g/mol. The average molecular weight is 310 g/mol. The molecule has 0 rings (SSSR count). The van der Waals surface area contributed by atoms with E-state index >= 15 is 0 Å². The number of unbranched alkanes of at least 4 members (excludes halogenated alkanes) is 5. The predicted molar refractivity (Wildman–Crippen MR) is 88.8 cm³/mol. The van der Waals surface area contributed by atoms with Gasteiger partial charge >= 0.3 is 5.97 Å². The number of carboxylic acids is 1. The summed E-state index contributed by atoms with van der Waals surface area (Å²) in [7, 11) is 0. The van der Waals surface area contributed by atoms with Crippen molar-refractivity contribution in [1.82, 2.24) is 0 Å². The Bertz CT molecular complexity index is 358. The Kier molecular flexibility index (Phi) is 13.6. The third kappa shape index (κ3) is 15.0. The molecule has 0 aliphatic heterocycles. The first kappa shape index (κ1) is 20.6. The number of aliphatic hydroxyl groups is 1. The van der Waals surface area contributed by atoms with Crippen LogP contribution in [0.4, 0.5) is 0 Å². The molecule has 0 heterocycles. The summed E-state index contributed by atoms with van der Waals surface area (Å²) in [6.45, 7) is 2.11. The van der Waals surface area contributed by atoms with Crippen LogP contribution in [0.3, 0.4) is 0 Å². The van der Waals surface area contributed by atoms with Gasteiger partial charge in [0, 0.05) is 12.8 Å². The number of aliphatic hydroxyl groups excluding tert-OH is 1. The Morgan fingerprint density at radius 2 is 1.64 bits per heavy atom. The number of hydrogen-bond donors (Lipinski definition) is 2. The zero-order valence-corrected chi connectivity index (χ0v) is 13.7. The molecule has 0 saturated heterocycles. The van der Waals surface area contributed by atoms with E-state index in [-0.39, 0.29) is 12.2 Å². The van der Waals surface area contributed by atoms with E-state index in [2.05, 4.69) is 6.92 Å². The van der Waals surface area contributed by atoms with Crippen LogP contribution in [0.5, 0.6) is 0 Å². The molecule has 0 aliphatic rings. The van der Waals surface area contributed by atoms with E-state index in [1.165, 1.54) is 0 Å². The van der Waals surface area contributed by atoms with Crippen molar-refractivity contribution in [1.29, 1.82) is 0 Å². The second-order valence-electron chi connectivity index (χ2n) is 5.58. The molecule has 0 aromatic heterocycles. The van der Waals surface area contributed by atoms with Crippen molar-refractivity contribution in [3.63, 3.8) is 0 Å². The first-order valence-corrected chi connectivity index (χ1v) is 8.33. The van der Waals surface area contributed by atoms with Gasteiger partial charge in [-0.2, -0.15) is 0 Å². The summed E-state index contributed by atoms with van der Waals surface area (Å²) in [5, 5.41) is 18.2. The topological polar surface area (TPSA) is 74.6 Å². The van der Waals surface area contributed by atoms with Gasteiger partial charge in [0.2, 0.25) is 0 Å². The molecule has 0 unspecified atom stereocenters. The Morgan fingerprint density at radius 3 is 2.32 bits per heavy atom. The van der Waals surface area contributed by atoms with Gasteiger partial charge in [0.05, 0.1) is 6.10 Å². The van der Waals surface area contributed by atoms with Crippen molar-refractivity contribution in [3.8, 4) is 0 Å². The van der Waals surface area contributed by atoms with Crippen molar-refractivity contribution in [2.24, 2.45) is 0 Å². The highest BCUT2D eigenvalue weighted by Crippen LogP contribution is 2.08. The zero-order valence-electron chi connectivity index (χ0n) is 13.7. The maximum atomic E-state index is 11.5. The predicted octanol–water partition coefficient (Wildman–Crippen LogP) is 4.03. The Balaban J connectivity index is 3.62. The van der Waals surface area contributed by atoms with Gasteiger partial charge in [-0.25, -0.2) is 0 Å². The molecule has 0 aliphatic carbocycles. The van der Waals surface area contributed by atoms with E-state index in [1.54, 1.807) is 24.3 Å². The molecule has 0 saturated carbocycles. The van der Waals surface area contributed by atoms with E-state index < -0.39 is 12.1 Å². The zero-order chi connectivity index (χ0) is 16.6. The van der Waals surface area contributed by atoms with Gasteiger partial charge < -0.3 is 10.2 Å². The van der Waals surface area contributed by atoms with Crippen LogP contribution in [-0.2, 0) is 9.59 Å². The molecule has 0 aromatic carbocycles. The van der Waals surface area contributed by atoms with Crippen LogP contribution in [0.1, 0.15) is 71.1 Å². The molecule has 1 atom stereocenters. The summed E-state index contributed by atoms with van der Waals surface area (Å²) in [5.74, 6) is -0.620. The summed E-state index contributed by atoms with van der Waals surface area (Å²) in [6, 6.07) is 0. The monoisotopic (exact) mass is 310 g/mol. The standard InChI is InChI=1S/C18H30O4/c1-2-3-6-11-16(19)13-9-10-14-17(20)12-7-4-5-8-15-18(21)22/h9-10,13-14,17,20H,2-8,11-12,15H2,1H3,(H,21,22)/b13-9+,14-10+/t17-/m1/s1. The number of carbonyl (C=O) groups is 2. The third-order valence-corrected chi connectivity index (χ3v) is 3.39. The Morgan fingerprint density at radius 1 is 0.955 bits per heavy atom. The number of aliphatic carboxylic acids is 1. The molecular formula is C18H30O4. The fourth-order valence-corrected chi connectivity index (χ4v) is 2.07. The average Bonchev–Trinajstić information content (AvgIpc) is 2.47. The highest BCUT2D eigenvalue weighted by molar-refractivity contribution is 5.89. The fourth-order valence-electron chi connectivity index (χ4n) is 2.07.